The molecule has 28 heavy (non-hydrogen) atoms. The second-order valence-corrected chi connectivity index (χ2v) is 7.48. The molecule has 8 heteroatoms. The third-order valence-electron chi connectivity index (χ3n) is 5.67. The zero-order chi connectivity index (χ0) is 19.5. The monoisotopic (exact) mass is 386 g/mol. The second-order valence-electron chi connectivity index (χ2n) is 7.48. The molecule has 0 saturated carbocycles. The van der Waals surface area contributed by atoms with Gasteiger partial charge in [-0.1, -0.05) is 12.1 Å². The Bertz CT molecular complexity index is 904. The van der Waals surface area contributed by atoms with Crippen LogP contribution >= 0.6 is 0 Å². The number of amides is 2. The minimum atomic E-state index is -0.431. The summed E-state index contributed by atoms with van der Waals surface area (Å²) in [5.41, 5.74) is 1.25. The zero-order valence-electron chi connectivity index (χ0n) is 16.0. The molecule has 0 atom stereocenters. The van der Waals surface area contributed by atoms with Gasteiger partial charge in [-0.15, -0.1) is 0 Å². The van der Waals surface area contributed by atoms with Crippen molar-refractivity contribution in [3.63, 3.8) is 0 Å². The van der Waals surface area contributed by atoms with Crippen LogP contribution in [0.5, 0.6) is 0 Å². The molecule has 2 aliphatic rings. The van der Waals surface area contributed by atoms with Gasteiger partial charge in [0, 0.05) is 52.2 Å². The fourth-order valence-electron chi connectivity index (χ4n) is 4.00. The van der Waals surface area contributed by atoms with Crippen LogP contribution in [0.1, 0.15) is 19.3 Å². The van der Waals surface area contributed by atoms with Gasteiger partial charge in [-0.2, -0.15) is 0 Å². The molecule has 8 nitrogen and oxygen atoms in total. The number of hydrogen-bond acceptors (Lipinski definition) is 5. The van der Waals surface area contributed by atoms with E-state index in [1.54, 1.807) is 6.07 Å². The van der Waals surface area contributed by atoms with E-state index in [0.717, 1.165) is 25.9 Å². The molecule has 1 aromatic carbocycles. The first-order valence-electron chi connectivity index (χ1n) is 9.98. The van der Waals surface area contributed by atoms with E-state index in [1.807, 2.05) is 28.0 Å². The molecule has 2 saturated heterocycles. The summed E-state index contributed by atoms with van der Waals surface area (Å²) in [7, 11) is 0. The molecular formula is C20H26N4O4. The Morgan fingerprint density at radius 1 is 0.893 bits per heavy atom. The van der Waals surface area contributed by atoms with Gasteiger partial charge in [-0.05, 0) is 25.0 Å². The Balaban J connectivity index is 1.26. The van der Waals surface area contributed by atoms with E-state index in [0.29, 0.717) is 50.4 Å². The van der Waals surface area contributed by atoms with Crippen LogP contribution in [0.25, 0.3) is 11.1 Å². The quantitative estimate of drug-likeness (QED) is 0.758. The molecule has 3 heterocycles. The Kier molecular flexibility index (Phi) is 5.47. The normalized spacial score (nSPS) is 18.1. The topological polar surface area (TPSA) is 79.0 Å². The first-order chi connectivity index (χ1) is 13.6. The molecule has 2 aliphatic heterocycles. The lowest BCUT2D eigenvalue weighted by Crippen LogP contribution is -2.51. The molecule has 0 N–H and O–H groups in total. The summed E-state index contributed by atoms with van der Waals surface area (Å²) >= 11 is 0. The van der Waals surface area contributed by atoms with Crippen molar-refractivity contribution in [2.75, 3.05) is 45.8 Å². The maximum absolute atomic E-state index is 12.6. The maximum Gasteiger partial charge on any atom is 0.419 e. The molecule has 150 valence electrons. The Morgan fingerprint density at radius 2 is 1.57 bits per heavy atom. The SMILES string of the molecule is O=C(CCn1c(=O)oc2ccccc21)N1CCN(CC(=O)N2CCCC2)CC1. The van der Waals surface area contributed by atoms with Crippen LogP contribution in [0.4, 0.5) is 0 Å². The number of carbonyl (C=O) groups excluding carboxylic acids is 2. The second kappa shape index (κ2) is 8.18. The van der Waals surface area contributed by atoms with E-state index in [9.17, 15) is 14.4 Å². The molecule has 2 fully saturated rings. The minimum absolute atomic E-state index is 0.0303. The lowest BCUT2D eigenvalue weighted by Gasteiger charge is -2.35. The fourth-order valence-corrected chi connectivity index (χ4v) is 4.00. The summed E-state index contributed by atoms with van der Waals surface area (Å²) in [6, 6.07) is 7.23. The molecular weight excluding hydrogens is 360 g/mol. The molecule has 0 bridgehead atoms. The Labute approximate surface area is 163 Å². The van der Waals surface area contributed by atoms with Gasteiger partial charge in [0.25, 0.3) is 0 Å². The van der Waals surface area contributed by atoms with Crippen LogP contribution in [-0.2, 0) is 16.1 Å². The van der Waals surface area contributed by atoms with Crippen LogP contribution < -0.4 is 5.76 Å². The molecule has 0 unspecified atom stereocenters. The van der Waals surface area contributed by atoms with Gasteiger partial charge in [-0.25, -0.2) is 4.79 Å². The largest absolute Gasteiger partial charge is 0.419 e. The highest BCUT2D eigenvalue weighted by atomic mass is 16.4. The van der Waals surface area contributed by atoms with Crippen molar-refractivity contribution in [3.8, 4) is 0 Å². The number of carbonyl (C=O) groups is 2. The van der Waals surface area contributed by atoms with Crippen LogP contribution in [-0.4, -0.2) is 76.9 Å². The van der Waals surface area contributed by atoms with E-state index in [-0.39, 0.29) is 18.2 Å². The summed E-state index contributed by atoms with van der Waals surface area (Å²) in [5, 5.41) is 0. The van der Waals surface area contributed by atoms with Crippen molar-refractivity contribution in [2.24, 2.45) is 0 Å². The number of oxazole rings is 1. The van der Waals surface area contributed by atoms with Gasteiger partial charge in [-0.3, -0.25) is 19.1 Å². The number of piperazine rings is 1. The van der Waals surface area contributed by atoms with Crippen LogP contribution in [0.2, 0.25) is 0 Å². The number of benzene rings is 1. The van der Waals surface area contributed by atoms with Gasteiger partial charge < -0.3 is 14.2 Å². The summed E-state index contributed by atoms with van der Waals surface area (Å²) in [4.78, 5) is 42.7. The number of fused-ring (bicyclic) bond motifs is 1. The van der Waals surface area contributed by atoms with E-state index in [4.69, 9.17) is 4.42 Å². The lowest BCUT2D eigenvalue weighted by molar-refractivity contribution is -0.134. The molecule has 2 aromatic rings. The Hall–Kier alpha value is -2.61. The smallest absolute Gasteiger partial charge is 0.408 e. The molecule has 0 aliphatic carbocycles. The van der Waals surface area contributed by atoms with Gasteiger partial charge >= 0.3 is 5.76 Å². The van der Waals surface area contributed by atoms with Gasteiger partial charge in [0.1, 0.15) is 0 Å². The van der Waals surface area contributed by atoms with Crippen LogP contribution in [0, 0.1) is 0 Å². The van der Waals surface area contributed by atoms with Gasteiger partial charge in [0.2, 0.25) is 11.8 Å². The highest BCUT2D eigenvalue weighted by Crippen LogP contribution is 2.13. The fraction of sp³-hybridized carbons (Fsp3) is 0.550. The standard InChI is InChI=1S/C20H26N4O4/c25-18(7-10-24-16-5-1-2-6-17(16)28-20(24)27)23-13-11-21(12-14-23)15-19(26)22-8-3-4-9-22/h1-2,5-6H,3-4,7-15H2. The van der Waals surface area contributed by atoms with Gasteiger partial charge in [0.05, 0.1) is 12.1 Å². The summed E-state index contributed by atoms with van der Waals surface area (Å²) in [5.74, 6) is -0.203. The van der Waals surface area contributed by atoms with E-state index >= 15 is 0 Å². The highest BCUT2D eigenvalue weighted by Gasteiger charge is 2.25. The molecule has 0 spiro atoms. The zero-order valence-corrected chi connectivity index (χ0v) is 16.0. The number of likely N-dealkylation sites (tertiary alicyclic amines) is 1. The molecule has 1 aromatic heterocycles. The molecule has 2 amide bonds. The number of hydrogen-bond donors (Lipinski definition) is 0. The van der Waals surface area contributed by atoms with Crippen molar-refractivity contribution in [1.82, 2.24) is 19.3 Å². The average Bonchev–Trinajstić information content (AvgIpc) is 3.34. The third kappa shape index (κ3) is 3.96. The molecule has 4 rings (SSSR count). The van der Waals surface area contributed by atoms with Crippen molar-refractivity contribution in [2.45, 2.75) is 25.8 Å². The number of rotatable bonds is 5. The lowest BCUT2D eigenvalue weighted by atomic mass is 10.2. The summed E-state index contributed by atoms with van der Waals surface area (Å²) < 4.78 is 6.72. The predicted molar refractivity (Wildman–Crippen MR) is 104 cm³/mol. The van der Waals surface area contributed by atoms with Crippen LogP contribution in [0.3, 0.4) is 0 Å². The number of aryl methyl sites for hydroxylation is 1. The summed E-state index contributed by atoms with van der Waals surface area (Å²) in [6.07, 6.45) is 2.46. The number of nitrogens with zero attached hydrogens (tertiary/aromatic N) is 4. The van der Waals surface area contributed by atoms with E-state index < -0.39 is 5.76 Å². The first-order valence-corrected chi connectivity index (χ1v) is 9.98. The Morgan fingerprint density at radius 3 is 2.32 bits per heavy atom. The van der Waals surface area contributed by atoms with Crippen molar-refractivity contribution in [3.05, 3.63) is 34.8 Å². The number of para-hydroxylation sites is 2. The van der Waals surface area contributed by atoms with E-state index in [1.165, 1.54) is 4.57 Å². The first kappa shape index (κ1) is 18.7. The molecule has 0 radical (unpaired) electrons. The maximum atomic E-state index is 12.6. The van der Waals surface area contributed by atoms with Crippen molar-refractivity contribution >= 4 is 22.9 Å². The highest BCUT2D eigenvalue weighted by molar-refractivity contribution is 5.79. The van der Waals surface area contributed by atoms with Crippen molar-refractivity contribution in [1.29, 1.82) is 0 Å². The van der Waals surface area contributed by atoms with E-state index in [2.05, 4.69) is 4.90 Å². The average molecular weight is 386 g/mol. The third-order valence-corrected chi connectivity index (χ3v) is 5.67. The minimum Gasteiger partial charge on any atom is -0.408 e. The number of aromatic nitrogens is 1. The predicted octanol–water partition coefficient (Wildman–Crippen LogP) is 0.751. The van der Waals surface area contributed by atoms with Gasteiger partial charge in [0.15, 0.2) is 5.58 Å². The van der Waals surface area contributed by atoms with Crippen LogP contribution in [0.15, 0.2) is 33.5 Å². The summed E-state index contributed by atoms with van der Waals surface area (Å²) in [6.45, 7) is 5.15. The van der Waals surface area contributed by atoms with Crippen molar-refractivity contribution < 1.29 is 14.0 Å².